The van der Waals surface area contributed by atoms with Gasteiger partial charge < -0.3 is 20.4 Å². The molecule has 7 heteroatoms. The predicted molar refractivity (Wildman–Crippen MR) is 99.4 cm³/mol. The Morgan fingerprint density at radius 3 is 1.87 bits per heavy atom. The number of hydrogen-bond donors (Lipinski definition) is 2. The quantitative estimate of drug-likeness (QED) is 0.823. The molecule has 126 valence electrons. The molecule has 0 unspecified atom stereocenters. The molecule has 0 aromatic carbocycles. The van der Waals surface area contributed by atoms with E-state index in [0.717, 1.165) is 37.8 Å². The van der Waals surface area contributed by atoms with Crippen LogP contribution in [-0.2, 0) is 0 Å². The van der Waals surface area contributed by atoms with Crippen LogP contribution in [0.25, 0.3) is 0 Å². The molecular formula is C16H26N6S. The Labute approximate surface area is 143 Å². The highest BCUT2D eigenvalue weighted by Crippen LogP contribution is 2.25. The van der Waals surface area contributed by atoms with Crippen molar-refractivity contribution in [3.8, 4) is 0 Å². The van der Waals surface area contributed by atoms with Crippen molar-refractivity contribution in [1.29, 1.82) is 0 Å². The van der Waals surface area contributed by atoms with Crippen LogP contribution in [0.4, 0.5) is 17.6 Å². The SMILES string of the molecule is CNC(=S)Nc1nc(N2CCCCCC2)cc(N2CCCC2)n1. The van der Waals surface area contributed by atoms with Crippen LogP contribution in [0.2, 0.25) is 0 Å². The molecule has 2 aliphatic rings. The number of hydrogen-bond acceptors (Lipinski definition) is 5. The zero-order chi connectivity index (χ0) is 16.1. The van der Waals surface area contributed by atoms with Gasteiger partial charge in [-0.25, -0.2) is 0 Å². The summed E-state index contributed by atoms with van der Waals surface area (Å²) in [6.07, 6.45) is 7.58. The minimum Gasteiger partial charge on any atom is -0.365 e. The summed E-state index contributed by atoms with van der Waals surface area (Å²) < 4.78 is 0. The van der Waals surface area contributed by atoms with Gasteiger partial charge in [-0.15, -0.1) is 0 Å². The van der Waals surface area contributed by atoms with E-state index in [9.17, 15) is 0 Å². The third kappa shape index (κ3) is 4.22. The molecule has 6 nitrogen and oxygen atoms in total. The summed E-state index contributed by atoms with van der Waals surface area (Å²) in [5.74, 6) is 2.62. The van der Waals surface area contributed by atoms with Gasteiger partial charge in [0.15, 0.2) is 5.11 Å². The van der Waals surface area contributed by atoms with Gasteiger partial charge in [0.05, 0.1) is 0 Å². The lowest BCUT2D eigenvalue weighted by Crippen LogP contribution is -2.29. The molecule has 0 saturated carbocycles. The molecule has 0 aliphatic carbocycles. The Hall–Kier alpha value is -1.63. The topological polar surface area (TPSA) is 56.3 Å². The van der Waals surface area contributed by atoms with Gasteiger partial charge in [-0.05, 0) is 37.9 Å². The molecule has 0 spiro atoms. The summed E-state index contributed by atoms with van der Waals surface area (Å²) in [4.78, 5) is 14.1. The van der Waals surface area contributed by atoms with E-state index in [2.05, 4.69) is 31.5 Å². The zero-order valence-electron chi connectivity index (χ0n) is 13.8. The lowest BCUT2D eigenvalue weighted by Gasteiger charge is -2.24. The van der Waals surface area contributed by atoms with Crippen molar-refractivity contribution in [2.45, 2.75) is 38.5 Å². The van der Waals surface area contributed by atoms with Crippen LogP contribution in [0.1, 0.15) is 38.5 Å². The van der Waals surface area contributed by atoms with Crippen LogP contribution >= 0.6 is 12.2 Å². The Kier molecular flexibility index (Phi) is 5.48. The van der Waals surface area contributed by atoms with Crippen molar-refractivity contribution in [3.63, 3.8) is 0 Å². The maximum Gasteiger partial charge on any atom is 0.232 e. The molecule has 1 aromatic rings. The molecule has 0 bridgehead atoms. The van der Waals surface area contributed by atoms with E-state index in [-0.39, 0.29) is 0 Å². The Morgan fingerprint density at radius 2 is 1.39 bits per heavy atom. The highest BCUT2D eigenvalue weighted by molar-refractivity contribution is 7.80. The molecule has 2 fully saturated rings. The van der Waals surface area contributed by atoms with E-state index in [4.69, 9.17) is 17.2 Å². The summed E-state index contributed by atoms with van der Waals surface area (Å²) in [6.45, 7) is 4.30. The number of aromatic nitrogens is 2. The van der Waals surface area contributed by atoms with Crippen LogP contribution in [0.15, 0.2) is 6.07 Å². The van der Waals surface area contributed by atoms with Gasteiger partial charge in [0.2, 0.25) is 5.95 Å². The molecular weight excluding hydrogens is 308 g/mol. The number of nitrogens with one attached hydrogen (secondary N) is 2. The molecule has 3 rings (SSSR count). The fraction of sp³-hybridized carbons (Fsp3) is 0.688. The minimum atomic E-state index is 0.547. The van der Waals surface area contributed by atoms with E-state index in [1.165, 1.54) is 38.5 Å². The van der Waals surface area contributed by atoms with Crippen LogP contribution in [0, 0.1) is 0 Å². The fourth-order valence-corrected chi connectivity index (χ4v) is 3.30. The average molecular weight is 334 g/mol. The smallest absolute Gasteiger partial charge is 0.232 e. The van der Waals surface area contributed by atoms with E-state index in [1.54, 1.807) is 7.05 Å². The largest absolute Gasteiger partial charge is 0.365 e. The molecule has 2 aliphatic heterocycles. The molecule has 0 atom stereocenters. The molecule has 0 radical (unpaired) electrons. The number of thiocarbonyl (C=S) groups is 1. The molecule has 0 amide bonds. The number of anilines is 3. The van der Waals surface area contributed by atoms with Crippen LogP contribution in [0.5, 0.6) is 0 Å². The van der Waals surface area contributed by atoms with Crippen LogP contribution < -0.4 is 20.4 Å². The highest BCUT2D eigenvalue weighted by atomic mass is 32.1. The van der Waals surface area contributed by atoms with E-state index >= 15 is 0 Å². The fourth-order valence-electron chi connectivity index (χ4n) is 3.21. The second kappa shape index (κ2) is 7.77. The van der Waals surface area contributed by atoms with E-state index < -0.39 is 0 Å². The lowest BCUT2D eigenvalue weighted by molar-refractivity contribution is 0.726. The second-order valence-electron chi connectivity index (χ2n) is 6.21. The normalized spacial score (nSPS) is 18.7. The van der Waals surface area contributed by atoms with Gasteiger partial charge in [-0.3, -0.25) is 0 Å². The third-order valence-electron chi connectivity index (χ3n) is 4.51. The summed E-state index contributed by atoms with van der Waals surface area (Å²) in [6, 6.07) is 2.14. The standard InChI is InChI=1S/C16H26N6S/c1-17-16(23)20-15-18-13(21-8-4-2-3-5-9-21)12-14(19-15)22-10-6-7-11-22/h12H,2-11H2,1H3,(H2,17,18,19,20,23). The number of nitrogens with zero attached hydrogens (tertiary/aromatic N) is 4. The van der Waals surface area contributed by atoms with Gasteiger partial charge >= 0.3 is 0 Å². The van der Waals surface area contributed by atoms with Crippen LogP contribution in [-0.4, -0.2) is 48.3 Å². The van der Waals surface area contributed by atoms with Crippen molar-refractivity contribution in [3.05, 3.63) is 6.07 Å². The van der Waals surface area contributed by atoms with E-state index in [0.29, 0.717) is 11.1 Å². The van der Waals surface area contributed by atoms with Crippen LogP contribution in [0.3, 0.4) is 0 Å². The monoisotopic (exact) mass is 334 g/mol. The highest BCUT2D eigenvalue weighted by Gasteiger charge is 2.19. The van der Waals surface area contributed by atoms with Gasteiger partial charge in [0, 0.05) is 39.3 Å². The number of rotatable bonds is 3. The Morgan fingerprint density at radius 1 is 0.913 bits per heavy atom. The Bertz CT molecular complexity index is 535. The summed E-state index contributed by atoms with van der Waals surface area (Å²) in [5.41, 5.74) is 0. The first-order valence-corrected chi connectivity index (χ1v) is 9.05. The van der Waals surface area contributed by atoms with E-state index in [1.807, 2.05) is 0 Å². The minimum absolute atomic E-state index is 0.547. The molecule has 1 aromatic heterocycles. The third-order valence-corrected chi connectivity index (χ3v) is 4.82. The molecule has 2 N–H and O–H groups in total. The van der Waals surface area contributed by atoms with Crippen molar-refractivity contribution >= 4 is 34.9 Å². The Balaban J connectivity index is 1.87. The predicted octanol–water partition coefficient (Wildman–Crippen LogP) is 2.37. The molecule has 2 saturated heterocycles. The maximum atomic E-state index is 5.21. The van der Waals surface area contributed by atoms with Crippen molar-refractivity contribution in [2.24, 2.45) is 0 Å². The lowest BCUT2D eigenvalue weighted by atomic mass is 10.2. The first-order chi connectivity index (χ1) is 11.3. The van der Waals surface area contributed by atoms with Crippen molar-refractivity contribution < 1.29 is 0 Å². The van der Waals surface area contributed by atoms with Gasteiger partial charge in [0.25, 0.3) is 0 Å². The van der Waals surface area contributed by atoms with Crippen molar-refractivity contribution in [2.75, 3.05) is 48.3 Å². The van der Waals surface area contributed by atoms with Crippen molar-refractivity contribution in [1.82, 2.24) is 15.3 Å². The summed E-state index contributed by atoms with van der Waals surface area (Å²) in [5, 5.41) is 6.57. The zero-order valence-corrected chi connectivity index (χ0v) is 14.7. The molecule has 23 heavy (non-hydrogen) atoms. The first-order valence-electron chi connectivity index (χ1n) is 8.64. The summed E-state index contributed by atoms with van der Waals surface area (Å²) in [7, 11) is 1.80. The maximum absolute atomic E-state index is 5.21. The first kappa shape index (κ1) is 16.2. The molecule has 3 heterocycles. The second-order valence-corrected chi connectivity index (χ2v) is 6.62. The van der Waals surface area contributed by atoms with Gasteiger partial charge in [-0.2, -0.15) is 9.97 Å². The van der Waals surface area contributed by atoms with Gasteiger partial charge in [-0.1, -0.05) is 12.8 Å². The summed E-state index contributed by atoms with van der Waals surface area (Å²) >= 11 is 5.21. The van der Waals surface area contributed by atoms with Gasteiger partial charge in [0.1, 0.15) is 11.6 Å². The average Bonchev–Trinajstić information content (AvgIpc) is 2.97.